The highest BCUT2D eigenvalue weighted by molar-refractivity contribution is 5.96. The molecule has 4 heteroatoms. The largest absolute Gasteiger partial charge is 0.476 e. The zero-order chi connectivity index (χ0) is 12.5. The molecule has 0 aliphatic heterocycles. The van der Waals surface area contributed by atoms with E-state index in [0.29, 0.717) is 5.76 Å². The van der Waals surface area contributed by atoms with Gasteiger partial charge in [-0.2, -0.15) is 0 Å². The molecule has 4 nitrogen and oxygen atoms in total. The van der Waals surface area contributed by atoms with E-state index in [1.54, 1.807) is 0 Å². The summed E-state index contributed by atoms with van der Waals surface area (Å²) >= 11 is 0. The lowest BCUT2D eigenvalue weighted by Crippen LogP contribution is -1.94. The molecule has 0 atom stereocenters. The molecule has 0 aliphatic carbocycles. The summed E-state index contributed by atoms with van der Waals surface area (Å²) < 4.78 is 5.09. The van der Waals surface area contributed by atoms with Crippen LogP contribution in [0, 0.1) is 0 Å². The van der Waals surface area contributed by atoms with E-state index in [1.165, 1.54) is 6.07 Å². The van der Waals surface area contributed by atoms with Gasteiger partial charge in [-0.3, -0.25) is 0 Å². The Morgan fingerprint density at radius 2 is 1.89 bits per heavy atom. The van der Waals surface area contributed by atoms with Gasteiger partial charge in [-0.1, -0.05) is 47.6 Å². The highest BCUT2D eigenvalue weighted by Crippen LogP contribution is 2.28. The second kappa shape index (κ2) is 4.00. The monoisotopic (exact) mass is 239 g/mol. The van der Waals surface area contributed by atoms with Crippen molar-refractivity contribution in [3.63, 3.8) is 0 Å². The Morgan fingerprint density at radius 1 is 1.11 bits per heavy atom. The second-order valence-corrected chi connectivity index (χ2v) is 3.91. The van der Waals surface area contributed by atoms with Crippen LogP contribution in [0.2, 0.25) is 0 Å². The van der Waals surface area contributed by atoms with Crippen LogP contribution in [0.4, 0.5) is 0 Å². The SMILES string of the molecule is O=C(O)c1cc(-c2cccc3ccccc23)on1. The molecular weight excluding hydrogens is 230 g/mol. The summed E-state index contributed by atoms with van der Waals surface area (Å²) in [6.07, 6.45) is 0. The lowest BCUT2D eigenvalue weighted by atomic mass is 10.0. The van der Waals surface area contributed by atoms with Crippen LogP contribution in [0.25, 0.3) is 22.1 Å². The minimum Gasteiger partial charge on any atom is -0.476 e. The molecule has 0 unspecified atom stereocenters. The van der Waals surface area contributed by atoms with Crippen molar-refractivity contribution in [2.45, 2.75) is 0 Å². The molecule has 0 bridgehead atoms. The molecule has 3 rings (SSSR count). The molecular formula is C14H9NO3. The molecule has 0 amide bonds. The summed E-state index contributed by atoms with van der Waals surface area (Å²) in [5, 5.41) is 14.4. The third-order valence-corrected chi connectivity index (χ3v) is 2.78. The predicted octanol–water partition coefficient (Wildman–Crippen LogP) is 3.19. The number of aromatic nitrogens is 1. The molecule has 0 aliphatic rings. The van der Waals surface area contributed by atoms with E-state index in [-0.39, 0.29) is 5.69 Å². The van der Waals surface area contributed by atoms with Gasteiger partial charge in [-0.25, -0.2) is 4.79 Å². The highest BCUT2D eigenvalue weighted by atomic mass is 16.5. The number of hydrogen-bond acceptors (Lipinski definition) is 3. The number of aromatic carboxylic acids is 1. The highest BCUT2D eigenvalue weighted by Gasteiger charge is 2.13. The molecule has 18 heavy (non-hydrogen) atoms. The Kier molecular flexibility index (Phi) is 2.34. The quantitative estimate of drug-likeness (QED) is 0.745. The van der Waals surface area contributed by atoms with Crippen LogP contribution in [-0.4, -0.2) is 16.2 Å². The topological polar surface area (TPSA) is 63.3 Å². The summed E-state index contributed by atoms with van der Waals surface area (Å²) in [7, 11) is 0. The van der Waals surface area contributed by atoms with Gasteiger partial charge in [0, 0.05) is 11.6 Å². The number of rotatable bonds is 2. The summed E-state index contributed by atoms with van der Waals surface area (Å²) in [5.74, 6) is -0.630. The van der Waals surface area contributed by atoms with Gasteiger partial charge in [0.25, 0.3) is 0 Å². The molecule has 3 aromatic rings. The first-order valence-electron chi connectivity index (χ1n) is 5.44. The molecule has 0 saturated carbocycles. The number of hydrogen-bond donors (Lipinski definition) is 1. The Hall–Kier alpha value is -2.62. The van der Waals surface area contributed by atoms with E-state index >= 15 is 0 Å². The third-order valence-electron chi connectivity index (χ3n) is 2.78. The molecule has 0 saturated heterocycles. The number of carboxylic acids is 1. The Bertz CT molecular complexity index is 725. The van der Waals surface area contributed by atoms with Crippen molar-refractivity contribution in [3.05, 3.63) is 54.2 Å². The lowest BCUT2D eigenvalue weighted by molar-refractivity contribution is 0.0686. The molecule has 2 aromatic carbocycles. The zero-order valence-electron chi connectivity index (χ0n) is 9.33. The van der Waals surface area contributed by atoms with Crippen molar-refractivity contribution in [1.82, 2.24) is 5.16 Å². The van der Waals surface area contributed by atoms with Gasteiger partial charge in [-0.05, 0) is 10.8 Å². The van der Waals surface area contributed by atoms with Crippen molar-refractivity contribution < 1.29 is 14.4 Å². The standard InChI is InChI=1S/C14H9NO3/c16-14(17)12-8-13(18-15-12)11-7-3-5-9-4-1-2-6-10(9)11/h1-8H,(H,16,17). The molecule has 1 aromatic heterocycles. The molecule has 1 heterocycles. The van der Waals surface area contributed by atoms with Gasteiger partial charge < -0.3 is 9.63 Å². The lowest BCUT2D eigenvalue weighted by Gasteiger charge is -2.02. The van der Waals surface area contributed by atoms with Crippen LogP contribution in [0.1, 0.15) is 10.5 Å². The van der Waals surface area contributed by atoms with Crippen molar-refractivity contribution >= 4 is 16.7 Å². The molecule has 0 fully saturated rings. The number of benzene rings is 2. The van der Waals surface area contributed by atoms with Gasteiger partial charge in [0.2, 0.25) is 0 Å². The minimum atomic E-state index is -1.09. The fourth-order valence-electron chi connectivity index (χ4n) is 1.94. The van der Waals surface area contributed by atoms with Gasteiger partial charge >= 0.3 is 5.97 Å². The van der Waals surface area contributed by atoms with Gasteiger partial charge in [0.05, 0.1) is 0 Å². The fourth-order valence-corrected chi connectivity index (χ4v) is 1.94. The smallest absolute Gasteiger partial charge is 0.358 e. The molecule has 1 N–H and O–H groups in total. The Balaban J connectivity index is 2.21. The van der Waals surface area contributed by atoms with Crippen molar-refractivity contribution in [3.8, 4) is 11.3 Å². The first-order chi connectivity index (χ1) is 8.75. The molecule has 88 valence electrons. The van der Waals surface area contributed by atoms with Crippen molar-refractivity contribution in [1.29, 1.82) is 0 Å². The Labute approximate surface area is 102 Å². The van der Waals surface area contributed by atoms with Crippen LogP contribution in [0.3, 0.4) is 0 Å². The average Bonchev–Trinajstić information content (AvgIpc) is 2.87. The third kappa shape index (κ3) is 1.64. The molecule has 0 radical (unpaired) electrons. The van der Waals surface area contributed by atoms with Crippen LogP contribution in [-0.2, 0) is 0 Å². The maximum atomic E-state index is 10.8. The van der Waals surface area contributed by atoms with E-state index in [9.17, 15) is 4.79 Å². The predicted molar refractivity (Wildman–Crippen MR) is 66.4 cm³/mol. The summed E-state index contributed by atoms with van der Waals surface area (Å²) in [4.78, 5) is 10.8. The maximum absolute atomic E-state index is 10.8. The first kappa shape index (κ1) is 10.5. The number of carbonyl (C=O) groups is 1. The summed E-state index contributed by atoms with van der Waals surface area (Å²) in [6, 6.07) is 15.1. The van der Waals surface area contributed by atoms with E-state index in [0.717, 1.165) is 16.3 Å². The number of nitrogens with zero attached hydrogens (tertiary/aromatic N) is 1. The van der Waals surface area contributed by atoms with Gasteiger partial charge in [0.15, 0.2) is 11.5 Å². The van der Waals surface area contributed by atoms with Crippen molar-refractivity contribution in [2.75, 3.05) is 0 Å². The minimum absolute atomic E-state index is 0.0852. The summed E-state index contributed by atoms with van der Waals surface area (Å²) in [6.45, 7) is 0. The van der Waals surface area contributed by atoms with Crippen LogP contribution in [0.5, 0.6) is 0 Å². The van der Waals surface area contributed by atoms with E-state index in [1.807, 2.05) is 42.5 Å². The normalized spacial score (nSPS) is 10.7. The summed E-state index contributed by atoms with van der Waals surface area (Å²) in [5.41, 5.74) is 0.756. The number of carboxylic acid groups (broad SMARTS) is 1. The maximum Gasteiger partial charge on any atom is 0.358 e. The average molecular weight is 239 g/mol. The second-order valence-electron chi connectivity index (χ2n) is 3.91. The van der Waals surface area contributed by atoms with Gasteiger partial charge in [-0.15, -0.1) is 0 Å². The Morgan fingerprint density at radius 3 is 2.67 bits per heavy atom. The van der Waals surface area contributed by atoms with E-state index in [2.05, 4.69) is 5.16 Å². The van der Waals surface area contributed by atoms with Gasteiger partial charge in [0.1, 0.15) is 0 Å². The van der Waals surface area contributed by atoms with E-state index < -0.39 is 5.97 Å². The zero-order valence-corrected chi connectivity index (χ0v) is 9.33. The fraction of sp³-hybridized carbons (Fsp3) is 0. The van der Waals surface area contributed by atoms with Crippen LogP contribution < -0.4 is 0 Å². The van der Waals surface area contributed by atoms with Crippen molar-refractivity contribution in [2.24, 2.45) is 0 Å². The van der Waals surface area contributed by atoms with E-state index in [4.69, 9.17) is 9.63 Å². The van der Waals surface area contributed by atoms with Crippen LogP contribution >= 0.6 is 0 Å². The van der Waals surface area contributed by atoms with Crippen LogP contribution in [0.15, 0.2) is 53.1 Å². The number of fused-ring (bicyclic) bond motifs is 1. The first-order valence-corrected chi connectivity index (χ1v) is 5.44. The molecule has 0 spiro atoms.